The first kappa shape index (κ1) is 14.7. The second-order valence-electron chi connectivity index (χ2n) is 3.89. The van der Waals surface area contributed by atoms with Gasteiger partial charge in [-0.15, -0.1) is 0 Å². The van der Waals surface area contributed by atoms with Gasteiger partial charge in [0.05, 0.1) is 10.8 Å². The Bertz CT molecular complexity index is 450. The average molecular weight is 260 g/mol. The van der Waals surface area contributed by atoms with E-state index in [0.717, 1.165) is 9.79 Å². The minimum absolute atomic E-state index is 0.856. The third-order valence-corrected chi connectivity index (χ3v) is 3.87. The number of benzene rings is 2. The molecule has 0 spiro atoms. The lowest BCUT2D eigenvalue weighted by Crippen LogP contribution is -1.92. The van der Waals surface area contributed by atoms with Gasteiger partial charge in [0.1, 0.15) is 0 Å². The Hall–Kier alpha value is -1.41. The Morgan fingerprint density at radius 1 is 0.667 bits per heavy atom. The summed E-state index contributed by atoms with van der Waals surface area (Å²) < 4.78 is 12.2. The Kier molecular flexibility index (Phi) is 5.79. The fraction of sp³-hybridized carbons (Fsp3) is 0.250. The molecule has 0 fully saturated rings. The van der Waals surface area contributed by atoms with E-state index in [1.54, 1.807) is 0 Å². The van der Waals surface area contributed by atoms with Gasteiger partial charge in [-0.1, -0.05) is 49.2 Å². The molecule has 0 heterocycles. The molecular formula is C16H20OS. The van der Waals surface area contributed by atoms with Crippen molar-refractivity contribution in [2.24, 2.45) is 0 Å². The third-order valence-electron chi connectivity index (χ3n) is 2.47. The van der Waals surface area contributed by atoms with Gasteiger partial charge in [-0.3, -0.25) is 0 Å². The van der Waals surface area contributed by atoms with Crippen LogP contribution in [0, 0.1) is 13.8 Å². The molecule has 0 N–H and O–H groups in total. The molecule has 96 valence electrons. The lowest BCUT2D eigenvalue weighted by Gasteiger charge is -2.03. The molecule has 0 bridgehead atoms. The first-order chi connectivity index (χ1) is 8.66. The van der Waals surface area contributed by atoms with E-state index in [9.17, 15) is 4.21 Å². The largest absolute Gasteiger partial charge is 0.249 e. The van der Waals surface area contributed by atoms with Gasteiger partial charge in [-0.05, 0) is 38.1 Å². The summed E-state index contributed by atoms with van der Waals surface area (Å²) in [6, 6.07) is 15.6. The van der Waals surface area contributed by atoms with E-state index in [1.165, 1.54) is 11.1 Å². The van der Waals surface area contributed by atoms with Crippen LogP contribution in [0.25, 0.3) is 0 Å². The molecule has 0 radical (unpaired) electrons. The number of aryl methyl sites for hydroxylation is 2. The molecule has 0 aliphatic heterocycles. The van der Waals surface area contributed by atoms with Gasteiger partial charge in [0.2, 0.25) is 0 Å². The molecular weight excluding hydrogens is 240 g/mol. The second-order valence-corrected chi connectivity index (χ2v) is 5.38. The second kappa shape index (κ2) is 7.12. The maximum absolute atomic E-state index is 12.2. The maximum Gasteiger partial charge on any atom is 0.0849 e. The highest BCUT2D eigenvalue weighted by Crippen LogP contribution is 2.17. The molecule has 2 rings (SSSR count). The fourth-order valence-corrected chi connectivity index (χ4v) is 2.50. The molecule has 0 amide bonds. The van der Waals surface area contributed by atoms with E-state index in [2.05, 4.69) is 0 Å². The Morgan fingerprint density at radius 3 is 1.22 bits per heavy atom. The molecule has 0 saturated heterocycles. The van der Waals surface area contributed by atoms with Gasteiger partial charge < -0.3 is 0 Å². The van der Waals surface area contributed by atoms with Crippen LogP contribution in [0.1, 0.15) is 25.0 Å². The first-order valence-electron chi connectivity index (χ1n) is 6.22. The molecule has 2 aromatic carbocycles. The molecule has 2 aromatic rings. The molecule has 0 aromatic heterocycles. The SMILES string of the molecule is CC.Cc1ccc(S(=O)c2ccc(C)cc2)cc1. The van der Waals surface area contributed by atoms with E-state index in [-0.39, 0.29) is 0 Å². The average Bonchev–Trinajstić information content (AvgIpc) is 2.42. The normalized spacial score (nSPS) is 9.83. The van der Waals surface area contributed by atoms with Crippen LogP contribution in [0.15, 0.2) is 58.3 Å². The fourth-order valence-electron chi connectivity index (χ4n) is 1.46. The van der Waals surface area contributed by atoms with Crippen LogP contribution < -0.4 is 0 Å². The van der Waals surface area contributed by atoms with E-state index in [4.69, 9.17) is 0 Å². The zero-order valence-electron chi connectivity index (χ0n) is 11.4. The van der Waals surface area contributed by atoms with Crippen molar-refractivity contribution < 1.29 is 4.21 Å². The number of hydrogen-bond acceptors (Lipinski definition) is 1. The summed E-state index contributed by atoms with van der Waals surface area (Å²) in [7, 11) is -1.06. The molecule has 18 heavy (non-hydrogen) atoms. The minimum atomic E-state index is -1.06. The van der Waals surface area contributed by atoms with E-state index >= 15 is 0 Å². The summed E-state index contributed by atoms with van der Waals surface area (Å²) in [5.41, 5.74) is 2.37. The topological polar surface area (TPSA) is 17.1 Å². The van der Waals surface area contributed by atoms with Crippen molar-refractivity contribution in [1.29, 1.82) is 0 Å². The van der Waals surface area contributed by atoms with Gasteiger partial charge in [-0.2, -0.15) is 0 Å². The zero-order valence-corrected chi connectivity index (χ0v) is 12.3. The van der Waals surface area contributed by atoms with Crippen LogP contribution in [-0.4, -0.2) is 4.21 Å². The standard InChI is InChI=1S/C14H14OS.C2H6/c1-11-3-7-13(8-4-11)16(15)14-9-5-12(2)6-10-14;1-2/h3-10H,1-2H3;1-2H3. The van der Waals surface area contributed by atoms with Crippen molar-refractivity contribution in [1.82, 2.24) is 0 Å². The molecule has 0 atom stereocenters. The van der Waals surface area contributed by atoms with Crippen molar-refractivity contribution in [3.8, 4) is 0 Å². The molecule has 2 heteroatoms. The van der Waals surface area contributed by atoms with Crippen molar-refractivity contribution >= 4 is 10.8 Å². The first-order valence-corrected chi connectivity index (χ1v) is 7.37. The molecule has 1 nitrogen and oxygen atoms in total. The summed E-state index contributed by atoms with van der Waals surface area (Å²) in [5.74, 6) is 0. The number of hydrogen-bond donors (Lipinski definition) is 0. The van der Waals surface area contributed by atoms with E-state index in [0.29, 0.717) is 0 Å². The Morgan fingerprint density at radius 2 is 0.944 bits per heavy atom. The van der Waals surface area contributed by atoms with Crippen molar-refractivity contribution in [3.63, 3.8) is 0 Å². The van der Waals surface area contributed by atoms with Crippen molar-refractivity contribution in [3.05, 3.63) is 59.7 Å². The molecule has 0 saturated carbocycles. The minimum Gasteiger partial charge on any atom is -0.249 e. The lowest BCUT2D eigenvalue weighted by molar-refractivity contribution is 0.683. The predicted octanol–water partition coefficient (Wildman–Crippen LogP) is 4.50. The van der Waals surface area contributed by atoms with Crippen LogP contribution in [0.2, 0.25) is 0 Å². The van der Waals surface area contributed by atoms with Crippen LogP contribution in [0.5, 0.6) is 0 Å². The smallest absolute Gasteiger partial charge is 0.0849 e. The van der Waals surface area contributed by atoms with Gasteiger partial charge in [0.15, 0.2) is 0 Å². The Labute approximate surface area is 112 Å². The third kappa shape index (κ3) is 3.81. The summed E-state index contributed by atoms with van der Waals surface area (Å²) in [4.78, 5) is 1.71. The number of rotatable bonds is 2. The van der Waals surface area contributed by atoms with Crippen LogP contribution in [0.3, 0.4) is 0 Å². The van der Waals surface area contributed by atoms with Crippen LogP contribution in [-0.2, 0) is 10.8 Å². The summed E-state index contributed by atoms with van der Waals surface area (Å²) in [6.45, 7) is 8.05. The van der Waals surface area contributed by atoms with Crippen LogP contribution >= 0.6 is 0 Å². The summed E-state index contributed by atoms with van der Waals surface area (Å²) in [5, 5.41) is 0. The summed E-state index contributed by atoms with van der Waals surface area (Å²) >= 11 is 0. The molecule has 0 unspecified atom stereocenters. The van der Waals surface area contributed by atoms with Gasteiger partial charge in [0.25, 0.3) is 0 Å². The highest BCUT2D eigenvalue weighted by molar-refractivity contribution is 7.85. The molecule has 0 aliphatic rings. The highest BCUT2D eigenvalue weighted by atomic mass is 32.2. The van der Waals surface area contributed by atoms with E-state index in [1.807, 2.05) is 76.2 Å². The quantitative estimate of drug-likeness (QED) is 0.777. The maximum atomic E-state index is 12.2. The van der Waals surface area contributed by atoms with Gasteiger partial charge in [-0.25, -0.2) is 4.21 Å². The van der Waals surface area contributed by atoms with Gasteiger partial charge in [0, 0.05) is 9.79 Å². The van der Waals surface area contributed by atoms with E-state index < -0.39 is 10.8 Å². The summed E-state index contributed by atoms with van der Waals surface area (Å²) in [6.07, 6.45) is 0. The van der Waals surface area contributed by atoms with Crippen molar-refractivity contribution in [2.75, 3.05) is 0 Å². The zero-order chi connectivity index (χ0) is 13.5. The van der Waals surface area contributed by atoms with Gasteiger partial charge >= 0.3 is 0 Å². The highest BCUT2D eigenvalue weighted by Gasteiger charge is 2.05. The van der Waals surface area contributed by atoms with Crippen LogP contribution in [0.4, 0.5) is 0 Å². The Balaban J connectivity index is 0.000000771. The van der Waals surface area contributed by atoms with Crippen molar-refractivity contribution in [2.45, 2.75) is 37.5 Å². The predicted molar refractivity (Wildman–Crippen MR) is 78.4 cm³/mol. The molecule has 0 aliphatic carbocycles. The lowest BCUT2D eigenvalue weighted by atomic mass is 10.2. The monoisotopic (exact) mass is 260 g/mol.